The van der Waals surface area contributed by atoms with Gasteiger partial charge >= 0.3 is 0 Å². The number of hydrogen-bond donors (Lipinski definition) is 2. The summed E-state index contributed by atoms with van der Waals surface area (Å²) in [6.07, 6.45) is 0.581. The second-order valence-corrected chi connectivity index (χ2v) is 7.34. The van der Waals surface area contributed by atoms with Crippen LogP contribution in [0.3, 0.4) is 0 Å². The zero-order valence-corrected chi connectivity index (χ0v) is 13.6. The minimum atomic E-state index is -3.96. The van der Waals surface area contributed by atoms with Crippen LogP contribution in [0.5, 0.6) is 0 Å². The Kier molecular flexibility index (Phi) is 5.54. The van der Waals surface area contributed by atoms with Gasteiger partial charge in [0.2, 0.25) is 10.0 Å². The summed E-state index contributed by atoms with van der Waals surface area (Å²) in [5.74, 6) is -0.775. The van der Waals surface area contributed by atoms with Crippen LogP contribution in [-0.2, 0) is 16.6 Å². The summed E-state index contributed by atoms with van der Waals surface area (Å²) < 4.78 is 41.4. The molecule has 0 unspecified atom stereocenters. The Hall–Kier alpha value is -0.690. The second-order valence-electron chi connectivity index (χ2n) is 5.25. The van der Waals surface area contributed by atoms with Crippen molar-refractivity contribution in [3.05, 3.63) is 28.5 Å². The van der Waals surface area contributed by atoms with Gasteiger partial charge in [0, 0.05) is 22.7 Å². The summed E-state index contributed by atoms with van der Waals surface area (Å²) in [4.78, 5) is -0.420. The van der Waals surface area contributed by atoms with Crippen molar-refractivity contribution in [2.45, 2.75) is 44.2 Å². The lowest BCUT2D eigenvalue weighted by Gasteiger charge is -2.24. The van der Waals surface area contributed by atoms with Gasteiger partial charge in [-0.05, 0) is 39.4 Å². The summed E-state index contributed by atoms with van der Waals surface area (Å²) in [7, 11) is -2.32. The predicted octanol–water partition coefficient (Wildman–Crippen LogP) is 2.67. The molecule has 0 fully saturated rings. The Morgan fingerprint density at radius 2 is 1.95 bits per heavy atom. The zero-order valence-electron chi connectivity index (χ0n) is 12.0. The minimum absolute atomic E-state index is 0.186. The van der Waals surface area contributed by atoms with Crippen LogP contribution in [0.2, 0.25) is 5.02 Å². The highest BCUT2D eigenvalue weighted by Gasteiger charge is 2.28. The van der Waals surface area contributed by atoms with Gasteiger partial charge in [-0.15, -0.1) is 0 Å². The monoisotopic (exact) mass is 322 g/mol. The van der Waals surface area contributed by atoms with Gasteiger partial charge in [0.05, 0.1) is 0 Å². The van der Waals surface area contributed by atoms with Gasteiger partial charge in [-0.3, -0.25) is 0 Å². The third-order valence-electron chi connectivity index (χ3n) is 3.03. The van der Waals surface area contributed by atoms with E-state index in [4.69, 9.17) is 11.6 Å². The van der Waals surface area contributed by atoms with Crippen molar-refractivity contribution in [2.75, 3.05) is 7.05 Å². The maximum absolute atomic E-state index is 14.3. The molecule has 0 saturated heterocycles. The number of hydrogen-bond acceptors (Lipinski definition) is 3. The van der Waals surface area contributed by atoms with Crippen LogP contribution in [0, 0.1) is 5.82 Å². The average Bonchev–Trinajstić information content (AvgIpc) is 2.32. The predicted molar refractivity (Wildman–Crippen MR) is 78.9 cm³/mol. The Labute approximate surface area is 124 Å². The molecule has 0 aromatic heterocycles. The van der Waals surface area contributed by atoms with E-state index in [-0.39, 0.29) is 17.1 Å². The van der Waals surface area contributed by atoms with Gasteiger partial charge in [-0.1, -0.05) is 18.5 Å². The fourth-order valence-electron chi connectivity index (χ4n) is 1.62. The molecule has 0 heterocycles. The molecule has 20 heavy (non-hydrogen) atoms. The van der Waals surface area contributed by atoms with Crippen molar-refractivity contribution >= 4 is 21.6 Å². The van der Waals surface area contributed by atoms with Crippen LogP contribution in [0.15, 0.2) is 17.0 Å². The number of halogens is 2. The Morgan fingerprint density at radius 3 is 2.45 bits per heavy atom. The number of sulfonamides is 1. The normalized spacial score (nSPS) is 12.7. The SMILES string of the molecule is CCC(C)(C)NS(=O)(=O)c1cc(Cl)cc(CNC)c1F. The maximum Gasteiger partial charge on any atom is 0.244 e. The standard InChI is InChI=1S/C13H20ClFN2O2S/c1-5-13(2,3)17-20(18,19)11-7-10(14)6-9(8-16-4)12(11)15/h6-7,16-17H,5,8H2,1-4H3. The van der Waals surface area contributed by atoms with Crippen molar-refractivity contribution in [3.63, 3.8) is 0 Å². The topological polar surface area (TPSA) is 58.2 Å². The minimum Gasteiger partial charge on any atom is -0.316 e. The van der Waals surface area contributed by atoms with Crippen molar-refractivity contribution in [2.24, 2.45) is 0 Å². The van der Waals surface area contributed by atoms with Crippen molar-refractivity contribution in [3.8, 4) is 0 Å². The first-order valence-electron chi connectivity index (χ1n) is 6.29. The maximum atomic E-state index is 14.3. The van der Waals surface area contributed by atoms with Crippen LogP contribution in [0.1, 0.15) is 32.8 Å². The van der Waals surface area contributed by atoms with E-state index < -0.39 is 26.3 Å². The molecule has 0 amide bonds. The van der Waals surface area contributed by atoms with Crippen LogP contribution in [0.4, 0.5) is 4.39 Å². The zero-order chi connectivity index (χ0) is 15.6. The van der Waals surface area contributed by atoms with E-state index in [1.807, 2.05) is 6.92 Å². The molecule has 0 saturated carbocycles. The highest BCUT2D eigenvalue weighted by molar-refractivity contribution is 7.89. The molecule has 114 valence electrons. The van der Waals surface area contributed by atoms with Crippen LogP contribution < -0.4 is 10.0 Å². The van der Waals surface area contributed by atoms with E-state index in [1.165, 1.54) is 6.07 Å². The number of benzene rings is 1. The molecule has 0 spiro atoms. The lowest BCUT2D eigenvalue weighted by atomic mass is 10.0. The molecule has 4 nitrogen and oxygen atoms in total. The Bertz CT molecular complexity index is 588. The van der Waals surface area contributed by atoms with Gasteiger partial charge in [-0.2, -0.15) is 0 Å². The molecule has 0 aliphatic carbocycles. The molecular weight excluding hydrogens is 303 g/mol. The van der Waals surface area contributed by atoms with Gasteiger partial charge in [0.25, 0.3) is 0 Å². The molecule has 0 atom stereocenters. The summed E-state index contributed by atoms with van der Waals surface area (Å²) >= 11 is 5.88. The Balaban J connectivity index is 3.31. The Morgan fingerprint density at radius 1 is 1.35 bits per heavy atom. The van der Waals surface area contributed by atoms with E-state index >= 15 is 0 Å². The van der Waals surface area contributed by atoms with Crippen molar-refractivity contribution in [1.82, 2.24) is 10.0 Å². The van der Waals surface area contributed by atoms with Crippen LogP contribution in [0.25, 0.3) is 0 Å². The largest absolute Gasteiger partial charge is 0.316 e. The molecule has 0 bridgehead atoms. The summed E-state index contributed by atoms with van der Waals surface area (Å²) in [6.45, 7) is 5.53. The fourth-order valence-corrected chi connectivity index (χ4v) is 3.56. The molecule has 0 aliphatic heterocycles. The highest BCUT2D eigenvalue weighted by atomic mass is 35.5. The molecule has 0 aliphatic rings. The highest BCUT2D eigenvalue weighted by Crippen LogP contribution is 2.25. The summed E-state index contributed by atoms with van der Waals surface area (Å²) in [5.41, 5.74) is -0.439. The summed E-state index contributed by atoms with van der Waals surface area (Å²) in [5, 5.41) is 2.96. The van der Waals surface area contributed by atoms with Gasteiger partial charge in [-0.25, -0.2) is 17.5 Å². The fraction of sp³-hybridized carbons (Fsp3) is 0.538. The smallest absolute Gasteiger partial charge is 0.244 e. The van der Waals surface area contributed by atoms with Gasteiger partial charge in [0.1, 0.15) is 10.7 Å². The lowest BCUT2D eigenvalue weighted by Crippen LogP contribution is -2.43. The van der Waals surface area contributed by atoms with Crippen LogP contribution >= 0.6 is 11.6 Å². The van der Waals surface area contributed by atoms with Gasteiger partial charge in [0.15, 0.2) is 0 Å². The van der Waals surface area contributed by atoms with Crippen molar-refractivity contribution < 1.29 is 12.8 Å². The lowest BCUT2D eigenvalue weighted by molar-refractivity contribution is 0.437. The number of nitrogens with one attached hydrogen (secondary N) is 2. The third kappa shape index (κ3) is 4.15. The molecule has 1 aromatic rings. The molecule has 1 aromatic carbocycles. The van der Waals surface area contributed by atoms with E-state index in [9.17, 15) is 12.8 Å². The van der Waals surface area contributed by atoms with E-state index in [2.05, 4.69) is 10.0 Å². The second kappa shape index (κ2) is 6.39. The van der Waals surface area contributed by atoms with E-state index in [0.29, 0.717) is 6.42 Å². The summed E-state index contributed by atoms with van der Waals surface area (Å²) in [6, 6.07) is 2.54. The molecular formula is C13H20ClFN2O2S. The average molecular weight is 323 g/mol. The van der Waals surface area contributed by atoms with Crippen molar-refractivity contribution in [1.29, 1.82) is 0 Å². The van der Waals surface area contributed by atoms with E-state index in [1.54, 1.807) is 20.9 Å². The molecule has 0 radical (unpaired) electrons. The quantitative estimate of drug-likeness (QED) is 0.846. The number of rotatable bonds is 6. The first-order chi connectivity index (χ1) is 9.13. The van der Waals surface area contributed by atoms with Gasteiger partial charge < -0.3 is 5.32 Å². The van der Waals surface area contributed by atoms with E-state index in [0.717, 1.165) is 6.07 Å². The molecule has 1 rings (SSSR count). The third-order valence-corrected chi connectivity index (χ3v) is 4.95. The first-order valence-corrected chi connectivity index (χ1v) is 8.15. The van der Waals surface area contributed by atoms with Crippen LogP contribution in [-0.4, -0.2) is 21.0 Å². The molecule has 2 N–H and O–H groups in total. The first kappa shape index (κ1) is 17.4. The molecule has 7 heteroatoms.